The van der Waals surface area contributed by atoms with E-state index in [0.717, 1.165) is 30.6 Å². The lowest BCUT2D eigenvalue weighted by Gasteiger charge is -2.27. The number of nitrogens with zero attached hydrogens (tertiary/aromatic N) is 1. The molecule has 1 fully saturated rings. The van der Waals surface area contributed by atoms with Gasteiger partial charge in [0.25, 0.3) is 0 Å². The van der Waals surface area contributed by atoms with Crippen LogP contribution in [0.5, 0.6) is 5.75 Å². The first-order chi connectivity index (χ1) is 8.72. The van der Waals surface area contributed by atoms with Gasteiger partial charge in [0.05, 0.1) is 5.69 Å². The summed E-state index contributed by atoms with van der Waals surface area (Å²) >= 11 is 0. The van der Waals surface area contributed by atoms with E-state index in [-0.39, 0.29) is 0 Å². The number of likely N-dealkylation sites (tertiary alicyclic amines) is 1. The summed E-state index contributed by atoms with van der Waals surface area (Å²) in [4.78, 5) is 2.57. The molecule has 0 aromatic heterocycles. The van der Waals surface area contributed by atoms with Gasteiger partial charge in [0.2, 0.25) is 0 Å². The van der Waals surface area contributed by atoms with E-state index in [9.17, 15) is 0 Å². The second kappa shape index (κ2) is 6.10. The van der Waals surface area contributed by atoms with Gasteiger partial charge < -0.3 is 10.5 Å². The Morgan fingerprint density at radius 1 is 1.33 bits per heavy atom. The normalized spacial score (nSPS) is 24.3. The summed E-state index contributed by atoms with van der Waals surface area (Å²) < 4.78 is 5.77. The van der Waals surface area contributed by atoms with E-state index in [0.29, 0.717) is 6.04 Å². The van der Waals surface area contributed by atoms with Crippen LogP contribution in [0.4, 0.5) is 5.69 Å². The molecule has 0 aliphatic carbocycles. The second-order valence-electron chi connectivity index (χ2n) is 5.11. The third-order valence-corrected chi connectivity index (χ3v) is 3.95. The Hall–Kier alpha value is -1.22. The highest BCUT2D eigenvalue weighted by Gasteiger charge is 2.28. The number of rotatable bonds is 5. The number of anilines is 1. The third kappa shape index (κ3) is 2.96. The average Bonchev–Trinajstić information content (AvgIpc) is 2.73. The molecular weight excluding hydrogens is 224 g/mol. The molecule has 2 rings (SSSR count). The monoisotopic (exact) mass is 248 g/mol. The SMILES string of the molecule is CCC1CCC(C)N1CCOc1ccccc1N. The lowest BCUT2D eigenvalue weighted by atomic mass is 10.1. The molecule has 1 heterocycles. The highest BCUT2D eigenvalue weighted by Crippen LogP contribution is 2.26. The molecule has 2 atom stereocenters. The predicted molar refractivity (Wildman–Crippen MR) is 75.8 cm³/mol. The second-order valence-corrected chi connectivity index (χ2v) is 5.11. The number of benzene rings is 1. The molecule has 1 aliphatic rings. The van der Waals surface area contributed by atoms with Crippen LogP contribution < -0.4 is 10.5 Å². The number of ether oxygens (including phenoxy) is 1. The predicted octanol–water partition coefficient (Wildman–Crippen LogP) is 2.91. The first kappa shape index (κ1) is 13.2. The quantitative estimate of drug-likeness (QED) is 0.814. The molecule has 18 heavy (non-hydrogen) atoms. The van der Waals surface area contributed by atoms with Crippen molar-refractivity contribution in [3.05, 3.63) is 24.3 Å². The van der Waals surface area contributed by atoms with Crippen molar-refractivity contribution in [3.8, 4) is 5.75 Å². The minimum Gasteiger partial charge on any atom is -0.490 e. The topological polar surface area (TPSA) is 38.5 Å². The van der Waals surface area contributed by atoms with Crippen molar-refractivity contribution in [3.63, 3.8) is 0 Å². The molecule has 1 aromatic carbocycles. The van der Waals surface area contributed by atoms with E-state index < -0.39 is 0 Å². The Morgan fingerprint density at radius 2 is 2.11 bits per heavy atom. The van der Waals surface area contributed by atoms with E-state index in [2.05, 4.69) is 18.7 Å². The highest BCUT2D eigenvalue weighted by molar-refractivity contribution is 5.51. The zero-order chi connectivity index (χ0) is 13.0. The van der Waals surface area contributed by atoms with Gasteiger partial charge in [0.1, 0.15) is 12.4 Å². The van der Waals surface area contributed by atoms with Crippen molar-refractivity contribution >= 4 is 5.69 Å². The van der Waals surface area contributed by atoms with Gasteiger partial charge in [-0.05, 0) is 38.3 Å². The van der Waals surface area contributed by atoms with E-state index in [4.69, 9.17) is 10.5 Å². The molecule has 3 heteroatoms. The van der Waals surface area contributed by atoms with Crippen LogP contribution in [-0.2, 0) is 0 Å². The molecule has 0 bridgehead atoms. The van der Waals surface area contributed by atoms with Crippen LogP contribution in [-0.4, -0.2) is 30.1 Å². The average molecular weight is 248 g/mol. The highest BCUT2D eigenvalue weighted by atomic mass is 16.5. The van der Waals surface area contributed by atoms with Crippen LogP contribution >= 0.6 is 0 Å². The Kier molecular flexibility index (Phi) is 4.48. The van der Waals surface area contributed by atoms with Crippen LogP contribution in [0.3, 0.4) is 0 Å². The third-order valence-electron chi connectivity index (χ3n) is 3.95. The maximum atomic E-state index is 5.86. The van der Waals surface area contributed by atoms with Crippen molar-refractivity contribution in [1.29, 1.82) is 0 Å². The van der Waals surface area contributed by atoms with Gasteiger partial charge in [-0.2, -0.15) is 0 Å². The number of nitrogen functional groups attached to an aromatic ring is 1. The van der Waals surface area contributed by atoms with E-state index in [1.54, 1.807) is 0 Å². The maximum Gasteiger partial charge on any atom is 0.142 e. The van der Waals surface area contributed by atoms with Gasteiger partial charge in [0.15, 0.2) is 0 Å². The fraction of sp³-hybridized carbons (Fsp3) is 0.600. The van der Waals surface area contributed by atoms with Crippen molar-refractivity contribution in [2.45, 2.75) is 45.2 Å². The van der Waals surface area contributed by atoms with Crippen LogP contribution in [0.15, 0.2) is 24.3 Å². The van der Waals surface area contributed by atoms with Crippen LogP contribution in [0.2, 0.25) is 0 Å². The zero-order valence-electron chi connectivity index (χ0n) is 11.4. The van der Waals surface area contributed by atoms with Gasteiger partial charge in [-0.1, -0.05) is 19.1 Å². The van der Waals surface area contributed by atoms with Gasteiger partial charge in [0, 0.05) is 18.6 Å². The minimum atomic E-state index is 0.687. The molecule has 2 unspecified atom stereocenters. The van der Waals surface area contributed by atoms with Crippen LogP contribution in [0, 0.1) is 0 Å². The Bertz CT molecular complexity index is 381. The number of nitrogens with two attached hydrogens (primary N) is 1. The van der Waals surface area contributed by atoms with Gasteiger partial charge in [-0.25, -0.2) is 0 Å². The molecule has 0 saturated carbocycles. The molecule has 3 nitrogen and oxygen atoms in total. The van der Waals surface area contributed by atoms with Crippen molar-refractivity contribution < 1.29 is 4.74 Å². The number of para-hydroxylation sites is 2. The summed E-state index contributed by atoms with van der Waals surface area (Å²) in [5, 5.41) is 0. The standard InChI is InChI=1S/C15H24N2O/c1-3-13-9-8-12(2)17(13)10-11-18-15-7-5-4-6-14(15)16/h4-7,12-13H,3,8-11,16H2,1-2H3. The molecule has 100 valence electrons. The summed E-state index contributed by atoms with van der Waals surface area (Å²) in [5.74, 6) is 0.803. The van der Waals surface area contributed by atoms with E-state index >= 15 is 0 Å². The summed E-state index contributed by atoms with van der Waals surface area (Å²) in [6.07, 6.45) is 3.87. The fourth-order valence-corrected chi connectivity index (χ4v) is 2.84. The molecule has 1 aromatic rings. The maximum absolute atomic E-state index is 5.86. The van der Waals surface area contributed by atoms with Crippen molar-refractivity contribution in [2.24, 2.45) is 0 Å². The largest absolute Gasteiger partial charge is 0.490 e. The lowest BCUT2D eigenvalue weighted by molar-refractivity contribution is 0.160. The first-order valence-electron chi connectivity index (χ1n) is 6.95. The molecular formula is C15H24N2O. The molecule has 2 N–H and O–H groups in total. The Labute approximate surface area is 110 Å². The fourth-order valence-electron chi connectivity index (χ4n) is 2.84. The Morgan fingerprint density at radius 3 is 2.83 bits per heavy atom. The zero-order valence-corrected chi connectivity index (χ0v) is 11.4. The minimum absolute atomic E-state index is 0.687. The summed E-state index contributed by atoms with van der Waals surface area (Å²) in [5.41, 5.74) is 6.58. The summed E-state index contributed by atoms with van der Waals surface area (Å²) in [7, 11) is 0. The number of hydrogen-bond donors (Lipinski definition) is 1. The smallest absolute Gasteiger partial charge is 0.142 e. The van der Waals surface area contributed by atoms with Crippen molar-refractivity contribution in [2.75, 3.05) is 18.9 Å². The van der Waals surface area contributed by atoms with E-state index in [1.165, 1.54) is 19.3 Å². The van der Waals surface area contributed by atoms with Gasteiger partial charge in [-0.15, -0.1) is 0 Å². The molecule has 0 spiro atoms. The lowest BCUT2D eigenvalue weighted by Crippen LogP contribution is -2.37. The van der Waals surface area contributed by atoms with Crippen LogP contribution in [0.1, 0.15) is 33.1 Å². The summed E-state index contributed by atoms with van der Waals surface area (Å²) in [6, 6.07) is 9.11. The van der Waals surface area contributed by atoms with Crippen LogP contribution in [0.25, 0.3) is 0 Å². The summed E-state index contributed by atoms with van der Waals surface area (Å²) in [6.45, 7) is 6.29. The molecule has 1 aliphatic heterocycles. The Balaban J connectivity index is 1.83. The number of hydrogen-bond acceptors (Lipinski definition) is 3. The van der Waals surface area contributed by atoms with E-state index in [1.807, 2.05) is 24.3 Å². The van der Waals surface area contributed by atoms with Gasteiger partial charge in [-0.3, -0.25) is 4.90 Å². The van der Waals surface area contributed by atoms with Gasteiger partial charge >= 0.3 is 0 Å². The first-order valence-corrected chi connectivity index (χ1v) is 6.95. The van der Waals surface area contributed by atoms with Crippen molar-refractivity contribution in [1.82, 2.24) is 4.90 Å². The molecule has 0 amide bonds. The molecule has 0 radical (unpaired) electrons. The molecule has 1 saturated heterocycles.